The summed E-state index contributed by atoms with van der Waals surface area (Å²) in [5, 5.41) is 0. The fourth-order valence-electron chi connectivity index (χ4n) is 2.46. The summed E-state index contributed by atoms with van der Waals surface area (Å²) in [6, 6.07) is 0. The Labute approximate surface area is 109 Å². The van der Waals surface area contributed by atoms with Crippen molar-refractivity contribution in [3.63, 3.8) is 0 Å². The van der Waals surface area contributed by atoms with Crippen molar-refractivity contribution in [2.45, 2.75) is 72.3 Å². The molecule has 0 unspecified atom stereocenters. The maximum atomic E-state index is 2.55. The van der Waals surface area contributed by atoms with E-state index in [1.54, 1.807) is 0 Å². The smallest absolute Gasteiger partial charge is 0.355 e. The van der Waals surface area contributed by atoms with E-state index in [4.69, 9.17) is 0 Å². The van der Waals surface area contributed by atoms with E-state index in [1.165, 1.54) is 0 Å². The third-order valence-corrected chi connectivity index (χ3v) is 5.34. The minimum atomic E-state index is -1.28. The van der Waals surface area contributed by atoms with Crippen LogP contribution in [0.15, 0.2) is 12.4 Å². The van der Waals surface area contributed by atoms with Crippen LogP contribution in [0.5, 0.6) is 0 Å². The predicted octanol–water partition coefficient (Wildman–Crippen LogP) is 3.58. The largest absolute Gasteiger partial charge is 0.399 e. The molecule has 2 nitrogen and oxygen atoms in total. The molecule has 98 valence electrons. The van der Waals surface area contributed by atoms with Gasteiger partial charge in [-0.15, -0.1) is 0 Å². The van der Waals surface area contributed by atoms with E-state index in [0.717, 1.165) is 0 Å². The minimum absolute atomic E-state index is 0.196. The molecule has 0 atom stereocenters. The second kappa shape index (κ2) is 4.08. The molecule has 1 rings (SSSR count). The van der Waals surface area contributed by atoms with E-state index in [9.17, 15) is 0 Å². The summed E-state index contributed by atoms with van der Waals surface area (Å²) in [6.45, 7) is 21.8. The summed E-state index contributed by atoms with van der Waals surface area (Å²) in [7, 11) is -1.28. The molecule has 0 saturated heterocycles. The first-order valence-electron chi connectivity index (χ1n) is 6.60. The molecule has 0 saturated carbocycles. The van der Waals surface area contributed by atoms with Gasteiger partial charge in [0, 0.05) is 23.5 Å². The van der Waals surface area contributed by atoms with Crippen molar-refractivity contribution in [2.24, 2.45) is 0 Å². The molecule has 0 spiro atoms. The number of hydrogen-bond acceptors (Lipinski definition) is 2. The van der Waals surface area contributed by atoms with Crippen molar-refractivity contribution >= 4 is 14.5 Å². The van der Waals surface area contributed by atoms with Crippen molar-refractivity contribution in [3.05, 3.63) is 12.4 Å². The highest BCUT2D eigenvalue weighted by Crippen LogP contribution is 2.32. The first kappa shape index (κ1) is 14.7. The normalized spacial score (nSPS) is 18.3. The lowest BCUT2D eigenvalue weighted by Gasteiger charge is -2.47. The monoisotopic (exact) mass is 252 g/mol. The van der Waals surface area contributed by atoms with Gasteiger partial charge in [0.05, 0.1) is 7.94 Å². The summed E-state index contributed by atoms with van der Waals surface area (Å²) in [4.78, 5) is 5.09. The molecule has 0 amide bonds. The lowest BCUT2D eigenvalue weighted by atomic mass is 9.89. The SMILES string of the molecule is CC(C)(C)N1C=CN(C(C)(C)C)B1[Si](C)(C)C. The number of nitrogens with zero attached hydrogens (tertiary/aromatic N) is 2. The van der Waals surface area contributed by atoms with Gasteiger partial charge in [0.2, 0.25) is 0 Å². The molecule has 0 aliphatic carbocycles. The van der Waals surface area contributed by atoms with E-state index in [-0.39, 0.29) is 11.1 Å². The van der Waals surface area contributed by atoms with Crippen LogP contribution >= 0.6 is 0 Å². The second-order valence-electron chi connectivity index (χ2n) is 8.19. The van der Waals surface area contributed by atoms with Crippen LogP contribution in [0.25, 0.3) is 0 Å². The van der Waals surface area contributed by atoms with E-state index in [1.807, 2.05) is 0 Å². The van der Waals surface area contributed by atoms with Crippen LogP contribution < -0.4 is 0 Å². The molecular weight excluding hydrogens is 223 g/mol. The highest BCUT2D eigenvalue weighted by atomic mass is 28.3. The van der Waals surface area contributed by atoms with Gasteiger partial charge in [-0.05, 0) is 41.5 Å². The minimum Gasteiger partial charge on any atom is -0.399 e. The summed E-state index contributed by atoms with van der Waals surface area (Å²) >= 11 is 0. The topological polar surface area (TPSA) is 6.48 Å². The zero-order chi connectivity index (χ0) is 13.6. The van der Waals surface area contributed by atoms with E-state index in [2.05, 4.69) is 83.2 Å². The van der Waals surface area contributed by atoms with Gasteiger partial charge < -0.3 is 9.62 Å². The molecule has 17 heavy (non-hydrogen) atoms. The molecule has 1 aliphatic rings. The van der Waals surface area contributed by atoms with Crippen LogP contribution in [0.2, 0.25) is 19.6 Å². The Hall–Kier alpha value is -0.378. The number of rotatable bonds is 1. The third-order valence-electron chi connectivity index (χ3n) is 3.24. The van der Waals surface area contributed by atoms with Gasteiger partial charge in [-0.3, -0.25) is 0 Å². The van der Waals surface area contributed by atoms with Gasteiger partial charge in [0.25, 0.3) is 0 Å². The molecule has 0 bridgehead atoms. The predicted molar refractivity (Wildman–Crippen MR) is 81.4 cm³/mol. The van der Waals surface area contributed by atoms with Crippen LogP contribution in [0.1, 0.15) is 41.5 Å². The van der Waals surface area contributed by atoms with Gasteiger partial charge in [-0.2, -0.15) is 0 Å². The fourth-order valence-corrected chi connectivity index (χ4v) is 5.07. The van der Waals surface area contributed by atoms with Crippen molar-refractivity contribution in [1.82, 2.24) is 9.62 Å². The molecule has 0 aromatic heterocycles. The lowest BCUT2D eigenvalue weighted by molar-refractivity contribution is 0.288. The van der Waals surface area contributed by atoms with Gasteiger partial charge in [0.1, 0.15) is 0 Å². The first-order valence-corrected chi connectivity index (χ1v) is 10.2. The van der Waals surface area contributed by atoms with Gasteiger partial charge in [0.15, 0.2) is 0 Å². The molecule has 0 aromatic carbocycles. The Morgan fingerprint density at radius 2 is 1.06 bits per heavy atom. The van der Waals surface area contributed by atoms with Crippen LogP contribution in [0.4, 0.5) is 0 Å². The Morgan fingerprint density at radius 3 is 1.24 bits per heavy atom. The molecule has 0 fully saturated rings. The molecular formula is C13H29BN2Si. The van der Waals surface area contributed by atoms with Gasteiger partial charge >= 0.3 is 6.57 Å². The van der Waals surface area contributed by atoms with Gasteiger partial charge in [-0.25, -0.2) is 0 Å². The Balaban J connectivity index is 3.12. The highest BCUT2D eigenvalue weighted by molar-refractivity contribution is 7.29. The van der Waals surface area contributed by atoms with E-state index in [0.29, 0.717) is 6.57 Å². The fraction of sp³-hybridized carbons (Fsp3) is 0.846. The summed E-state index contributed by atoms with van der Waals surface area (Å²) in [5.74, 6) is 0. The summed E-state index contributed by atoms with van der Waals surface area (Å²) < 4.78 is 0. The first-order chi connectivity index (χ1) is 7.35. The molecule has 1 aliphatic heterocycles. The molecule has 4 heteroatoms. The Bertz CT molecular complexity index is 283. The van der Waals surface area contributed by atoms with Crippen molar-refractivity contribution in [2.75, 3.05) is 0 Å². The van der Waals surface area contributed by atoms with E-state index >= 15 is 0 Å². The van der Waals surface area contributed by atoms with Crippen molar-refractivity contribution in [3.8, 4) is 0 Å². The Morgan fingerprint density at radius 1 is 0.765 bits per heavy atom. The number of hydrogen-bond donors (Lipinski definition) is 0. The second-order valence-corrected chi connectivity index (χ2v) is 13.4. The van der Waals surface area contributed by atoms with Crippen molar-refractivity contribution < 1.29 is 0 Å². The van der Waals surface area contributed by atoms with E-state index < -0.39 is 7.94 Å². The van der Waals surface area contributed by atoms with Crippen molar-refractivity contribution in [1.29, 1.82) is 0 Å². The van der Waals surface area contributed by atoms with Crippen LogP contribution in [0, 0.1) is 0 Å². The zero-order valence-electron chi connectivity index (χ0n) is 13.1. The molecule has 0 N–H and O–H groups in total. The summed E-state index contributed by atoms with van der Waals surface area (Å²) in [5.41, 5.74) is 0.392. The van der Waals surface area contributed by atoms with Gasteiger partial charge in [-0.1, -0.05) is 19.6 Å². The van der Waals surface area contributed by atoms with Crippen LogP contribution in [0.3, 0.4) is 0 Å². The zero-order valence-corrected chi connectivity index (χ0v) is 14.1. The average molecular weight is 252 g/mol. The average Bonchev–Trinajstić information content (AvgIpc) is 2.42. The maximum absolute atomic E-state index is 2.55. The van der Waals surface area contributed by atoms with Crippen LogP contribution in [-0.2, 0) is 0 Å². The quantitative estimate of drug-likeness (QED) is 0.658. The maximum Gasteiger partial charge on any atom is 0.355 e. The third kappa shape index (κ3) is 3.09. The van der Waals surface area contributed by atoms with Crippen LogP contribution in [-0.4, -0.2) is 35.2 Å². The molecule has 0 radical (unpaired) electrons. The highest BCUT2D eigenvalue weighted by Gasteiger charge is 2.49. The summed E-state index contributed by atoms with van der Waals surface area (Å²) in [6.07, 6.45) is 4.57. The Kier molecular flexibility index (Phi) is 3.52. The molecule has 0 aromatic rings. The standard InChI is InChI=1S/C13H29BN2Si/c1-12(2,3)15-10-11-16(13(4,5)6)14(15)17(7,8)9/h10-11H,1-9H3. The molecule has 1 heterocycles. The lowest BCUT2D eigenvalue weighted by Crippen LogP contribution is -2.67.